The van der Waals surface area contributed by atoms with E-state index in [1.165, 1.54) is 90.0 Å². The molecule has 0 aliphatic carbocycles. The molecule has 0 saturated heterocycles. The van der Waals surface area contributed by atoms with E-state index in [-0.39, 0.29) is 0 Å². The number of rotatable bonds is 6. The maximum atomic E-state index is 2.44. The number of hydrogen-bond acceptors (Lipinski definition) is 2. The molecule has 3 aromatic carbocycles. The zero-order valence-corrected chi connectivity index (χ0v) is 18.3. The quantitative estimate of drug-likeness (QED) is 0.248. The van der Waals surface area contributed by atoms with Gasteiger partial charge < -0.3 is 0 Å². The Morgan fingerprint density at radius 1 is 0.536 bits per heavy atom. The van der Waals surface area contributed by atoms with Crippen molar-refractivity contribution >= 4 is 64.4 Å². The lowest BCUT2D eigenvalue weighted by atomic mass is 9.97. The van der Waals surface area contributed by atoms with Crippen molar-refractivity contribution < 1.29 is 0 Å². The third kappa shape index (κ3) is 3.03. The predicted molar refractivity (Wildman–Crippen MR) is 129 cm³/mol. The van der Waals surface area contributed by atoms with E-state index < -0.39 is 0 Å². The van der Waals surface area contributed by atoms with E-state index in [1.54, 1.807) is 0 Å². The van der Waals surface area contributed by atoms with Gasteiger partial charge in [0.2, 0.25) is 0 Å². The molecule has 0 spiro atoms. The summed E-state index contributed by atoms with van der Waals surface area (Å²) in [6.45, 7) is 4.54. The molecule has 0 aliphatic rings. The second-order valence-electron chi connectivity index (χ2n) is 7.84. The van der Waals surface area contributed by atoms with Crippen LogP contribution >= 0.6 is 22.7 Å². The molecule has 28 heavy (non-hydrogen) atoms. The number of hydrogen-bond donors (Lipinski definition) is 0. The fraction of sp³-hybridized carbons (Fsp3) is 0.308. The summed E-state index contributed by atoms with van der Waals surface area (Å²) in [4.78, 5) is 3.05. The van der Waals surface area contributed by atoms with Crippen molar-refractivity contribution in [3.8, 4) is 0 Å². The minimum atomic E-state index is 1.21. The highest BCUT2D eigenvalue weighted by Gasteiger charge is 2.11. The Morgan fingerprint density at radius 3 is 1.36 bits per heavy atom. The first kappa shape index (κ1) is 18.1. The molecule has 2 aromatic heterocycles. The number of benzene rings is 3. The van der Waals surface area contributed by atoms with Crippen LogP contribution in [0.5, 0.6) is 0 Å². The van der Waals surface area contributed by atoms with Crippen LogP contribution in [0.4, 0.5) is 0 Å². The van der Waals surface area contributed by atoms with Crippen molar-refractivity contribution in [3.05, 3.63) is 58.3 Å². The largest absolute Gasteiger partial charge is 0.140 e. The molecule has 0 nitrogen and oxygen atoms in total. The molecule has 0 radical (unpaired) electrons. The molecule has 142 valence electrons. The molecule has 0 fully saturated rings. The zero-order chi connectivity index (χ0) is 19.1. The summed E-state index contributed by atoms with van der Waals surface area (Å²) in [5, 5.41) is 8.48. The Morgan fingerprint density at radius 2 is 0.929 bits per heavy atom. The van der Waals surface area contributed by atoms with Crippen LogP contribution in [0.1, 0.15) is 49.3 Å². The van der Waals surface area contributed by atoms with Crippen LogP contribution in [-0.2, 0) is 12.8 Å². The average Bonchev–Trinajstić information content (AvgIpc) is 3.33. The van der Waals surface area contributed by atoms with Gasteiger partial charge in [0.25, 0.3) is 0 Å². The van der Waals surface area contributed by atoms with Gasteiger partial charge in [0, 0.05) is 29.9 Å². The van der Waals surface area contributed by atoms with E-state index in [0.717, 1.165) is 0 Å². The van der Waals surface area contributed by atoms with Crippen LogP contribution in [0.3, 0.4) is 0 Å². The van der Waals surface area contributed by atoms with E-state index in [4.69, 9.17) is 0 Å². The summed E-state index contributed by atoms with van der Waals surface area (Å²) in [7, 11) is 0. The highest BCUT2D eigenvalue weighted by Crippen LogP contribution is 2.39. The number of aryl methyl sites for hydroxylation is 2. The average molecular weight is 403 g/mol. The minimum Gasteiger partial charge on any atom is -0.140 e. The van der Waals surface area contributed by atoms with E-state index in [0.29, 0.717) is 0 Å². The van der Waals surface area contributed by atoms with Crippen molar-refractivity contribution in [2.45, 2.75) is 52.4 Å². The third-order valence-corrected chi connectivity index (χ3v) is 8.17. The van der Waals surface area contributed by atoms with Gasteiger partial charge >= 0.3 is 0 Å². The zero-order valence-electron chi connectivity index (χ0n) is 16.7. The predicted octanol–water partition coefficient (Wildman–Crippen LogP) is 9.11. The van der Waals surface area contributed by atoms with Crippen molar-refractivity contribution in [1.82, 2.24) is 0 Å². The summed E-state index contributed by atoms with van der Waals surface area (Å²) < 4.78 is 2.85. The van der Waals surface area contributed by atoms with Gasteiger partial charge in [0.05, 0.1) is 0 Å². The maximum absolute atomic E-state index is 2.44. The van der Waals surface area contributed by atoms with Gasteiger partial charge in [-0.3, -0.25) is 0 Å². The van der Waals surface area contributed by atoms with Crippen molar-refractivity contribution in [2.24, 2.45) is 0 Å². The van der Waals surface area contributed by atoms with Gasteiger partial charge in [-0.05, 0) is 71.5 Å². The smallest absolute Gasteiger partial charge is 0.0352 e. The molecule has 0 saturated carbocycles. The van der Waals surface area contributed by atoms with Crippen LogP contribution in [-0.4, -0.2) is 0 Å². The fourth-order valence-corrected chi connectivity index (χ4v) is 6.56. The van der Waals surface area contributed by atoms with Gasteiger partial charge in [0.15, 0.2) is 0 Å². The number of fused-ring (bicyclic) bond motifs is 7. The van der Waals surface area contributed by atoms with Gasteiger partial charge in [-0.1, -0.05) is 51.0 Å². The summed E-state index contributed by atoms with van der Waals surface area (Å²) >= 11 is 3.95. The molecule has 0 amide bonds. The first-order valence-electron chi connectivity index (χ1n) is 10.6. The van der Waals surface area contributed by atoms with E-state index in [1.807, 2.05) is 22.7 Å². The van der Waals surface area contributed by atoms with E-state index in [2.05, 4.69) is 62.4 Å². The van der Waals surface area contributed by atoms with E-state index in [9.17, 15) is 0 Å². The lowest BCUT2D eigenvalue weighted by Gasteiger charge is -2.06. The van der Waals surface area contributed by atoms with Gasteiger partial charge in [-0.15, -0.1) is 22.7 Å². The summed E-state index contributed by atoms with van der Waals surface area (Å²) in [5.74, 6) is 0. The minimum absolute atomic E-state index is 1.21. The normalized spacial score (nSPS) is 12.1. The molecule has 5 rings (SSSR count). The lowest BCUT2D eigenvalue weighted by Crippen LogP contribution is -1.80. The summed E-state index contributed by atoms with van der Waals surface area (Å²) in [6, 6.07) is 19.0. The Balaban J connectivity index is 1.69. The monoisotopic (exact) mass is 402 g/mol. The Hall–Kier alpha value is -1.90. The number of unbranched alkanes of at least 4 members (excludes halogenated alkanes) is 2. The third-order valence-electron chi connectivity index (χ3n) is 5.85. The fourth-order valence-electron chi connectivity index (χ4n) is 4.32. The van der Waals surface area contributed by atoms with Crippen molar-refractivity contribution in [1.29, 1.82) is 0 Å². The molecule has 0 aliphatic heterocycles. The first-order valence-corrected chi connectivity index (χ1v) is 12.2. The Labute approximate surface area is 174 Å². The Bertz CT molecular complexity index is 1180. The second kappa shape index (κ2) is 7.50. The van der Waals surface area contributed by atoms with Gasteiger partial charge in [-0.25, -0.2) is 0 Å². The standard InChI is InChI=1S/C26H26S2/c1-3-5-7-17-15-23-21-9-10-22-20(19(21)11-13-25(23)27-17)12-14-26-24(22)16-18(28-26)8-6-4-2/h9-16H,3-8H2,1-2H3. The number of thiophene rings is 2. The molecule has 0 bridgehead atoms. The molecular weight excluding hydrogens is 376 g/mol. The molecular formula is C26H26S2. The molecule has 0 N–H and O–H groups in total. The highest BCUT2D eigenvalue weighted by atomic mass is 32.1. The summed E-state index contributed by atoms with van der Waals surface area (Å²) in [6.07, 6.45) is 7.50. The molecule has 5 aromatic rings. The second-order valence-corrected chi connectivity index (χ2v) is 10.2. The maximum Gasteiger partial charge on any atom is 0.0352 e. The molecule has 2 heteroatoms. The van der Waals surface area contributed by atoms with E-state index >= 15 is 0 Å². The van der Waals surface area contributed by atoms with Crippen LogP contribution < -0.4 is 0 Å². The molecule has 2 heterocycles. The summed E-state index contributed by atoms with van der Waals surface area (Å²) in [5.41, 5.74) is 0. The lowest BCUT2D eigenvalue weighted by molar-refractivity contribution is 0.804. The molecule has 0 atom stereocenters. The van der Waals surface area contributed by atoms with Crippen LogP contribution in [0.25, 0.3) is 41.7 Å². The SMILES string of the molecule is CCCCc1cc2c(ccc3c2ccc2c4cc(CCCC)sc4ccc23)s1. The van der Waals surface area contributed by atoms with Crippen LogP contribution in [0.15, 0.2) is 48.5 Å². The Kier molecular flexibility index (Phi) is 4.86. The molecule has 0 unspecified atom stereocenters. The van der Waals surface area contributed by atoms with Gasteiger partial charge in [-0.2, -0.15) is 0 Å². The van der Waals surface area contributed by atoms with Crippen molar-refractivity contribution in [3.63, 3.8) is 0 Å². The van der Waals surface area contributed by atoms with Crippen LogP contribution in [0.2, 0.25) is 0 Å². The van der Waals surface area contributed by atoms with Gasteiger partial charge in [0.1, 0.15) is 0 Å². The van der Waals surface area contributed by atoms with Crippen LogP contribution in [0, 0.1) is 0 Å². The van der Waals surface area contributed by atoms with Crippen molar-refractivity contribution in [2.75, 3.05) is 0 Å². The topological polar surface area (TPSA) is 0 Å². The first-order chi connectivity index (χ1) is 13.8. The highest BCUT2D eigenvalue weighted by molar-refractivity contribution is 7.19.